The zero-order chi connectivity index (χ0) is 22.0. The number of thioether (sulfide) groups is 1. The Hall–Kier alpha value is -1.13. The average molecular weight is 454 g/mol. The molecule has 0 amide bonds. The van der Waals surface area contributed by atoms with Crippen LogP contribution in [-0.4, -0.2) is 16.2 Å². The summed E-state index contributed by atoms with van der Waals surface area (Å²) in [6.07, 6.45) is 12.0. The lowest BCUT2D eigenvalue weighted by Gasteiger charge is -2.14. The standard InChI is InChI=1S/C24H34Cl2N2S/c1-7-9-20(10-8-2)16-28-19(6)22(15-27)23(17(3)4)24(28)29-12-11-21(26)13-18(5)14-25/h7-11,13,17H,1,12,14-16,27H2,2-6H3/b10-8-,18-13+,20-9+,21-11+. The fourth-order valence-corrected chi connectivity index (χ4v) is 4.95. The Balaban J connectivity index is 3.36. The summed E-state index contributed by atoms with van der Waals surface area (Å²) in [7, 11) is 0. The molecule has 160 valence electrons. The molecule has 0 saturated carbocycles. The van der Waals surface area contributed by atoms with Crippen molar-refractivity contribution in [1.82, 2.24) is 4.57 Å². The van der Waals surface area contributed by atoms with Crippen LogP contribution in [0.3, 0.4) is 0 Å². The summed E-state index contributed by atoms with van der Waals surface area (Å²) in [5, 5.41) is 1.98. The zero-order valence-electron chi connectivity index (χ0n) is 18.3. The molecule has 0 bridgehead atoms. The summed E-state index contributed by atoms with van der Waals surface area (Å²) in [5.74, 6) is 1.66. The number of alkyl halides is 1. The van der Waals surface area contributed by atoms with Crippen LogP contribution in [0.25, 0.3) is 0 Å². The van der Waals surface area contributed by atoms with Crippen LogP contribution in [0.15, 0.2) is 64.2 Å². The molecule has 0 aliphatic rings. The average Bonchev–Trinajstić information content (AvgIpc) is 2.93. The van der Waals surface area contributed by atoms with E-state index >= 15 is 0 Å². The molecule has 0 aliphatic carbocycles. The first kappa shape index (κ1) is 25.9. The summed E-state index contributed by atoms with van der Waals surface area (Å²) in [6.45, 7) is 15.8. The molecule has 0 unspecified atom stereocenters. The van der Waals surface area contributed by atoms with Gasteiger partial charge >= 0.3 is 0 Å². The molecule has 5 heteroatoms. The van der Waals surface area contributed by atoms with E-state index in [1.165, 1.54) is 27.4 Å². The molecule has 29 heavy (non-hydrogen) atoms. The molecule has 1 aromatic heterocycles. The van der Waals surface area contributed by atoms with E-state index in [-0.39, 0.29) is 0 Å². The monoisotopic (exact) mass is 452 g/mol. The highest BCUT2D eigenvalue weighted by molar-refractivity contribution is 7.99. The molecular weight excluding hydrogens is 419 g/mol. The van der Waals surface area contributed by atoms with Gasteiger partial charge in [0.25, 0.3) is 0 Å². The fourth-order valence-electron chi connectivity index (χ4n) is 3.23. The molecule has 2 nitrogen and oxygen atoms in total. The zero-order valence-corrected chi connectivity index (χ0v) is 20.6. The van der Waals surface area contributed by atoms with E-state index in [1.54, 1.807) is 11.8 Å². The number of aromatic nitrogens is 1. The Kier molecular flexibility index (Phi) is 11.8. The lowest BCUT2D eigenvalue weighted by Crippen LogP contribution is -2.05. The molecule has 1 heterocycles. The minimum atomic E-state index is 0.391. The van der Waals surface area contributed by atoms with Gasteiger partial charge in [0, 0.05) is 35.4 Å². The third kappa shape index (κ3) is 7.57. The third-order valence-electron chi connectivity index (χ3n) is 4.57. The van der Waals surface area contributed by atoms with Crippen LogP contribution in [0.4, 0.5) is 0 Å². The molecule has 0 spiro atoms. The van der Waals surface area contributed by atoms with Gasteiger partial charge in [-0.3, -0.25) is 0 Å². The predicted molar refractivity (Wildman–Crippen MR) is 133 cm³/mol. The highest BCUT2D eigenvalue weighted by Gasteiger charge is 2.22. The maximum Gasteiger partial charge on any atom is 0.0794 e. The second-order valence-corrected chi connectivity index (χ2v) is 8.94. The normalized spacial score (nSPS) is 13.8. The first-order valence-electron chi connectivity index (χ1n) is 9.88. The first-order chi connectivity index (χ1) is 13.8. The van der Waals surface area contributed by atoms with Crippen molar-refractivity contribution < 1.29 is 0 Å². The highest BCUT2D eigenvalue weighted by Crippen LogP contribution is 2.37. The molecule has 0 saturated heterocycles. The lowest BCUT2D eigenvalue weighted by atomic mass is 10.0. The second-order valence-electron chi connectivity index (χ2n) is 7.23. The van der Waals surface area contributed by atoms with Gasteiger partial charge < -0.3 is 10.3 Å². The summed E-state index contributed by atoms with van der Waals surface area (Å²) in [5.41, 5.74) is 12.2. The van der Waals surface area contributed by atoms with Gasteiger partial charge in [-0.05, 0) is 49.5 Å². The summed E-state index contributed by atoms with van der Waals surface area (Å²) in [6, 6.07) is 0. The van der Waals surface area contributed by atoms with Crippen molar-refractivity contribution in [2.75, 3.05) is 11.6 Å². The molecule has 0 aromatic carbocycles. The van der Waals surface area contributed by atoms with Crippen LogP contribution in [0.1, 0.15) is 50.4 Å². The van der Waals surface area contributed by atoms with Crippen molar-refractivity contribution in [3.8, 4) is 0 Å². The molecule has 0 atom stereocenters. The Morgan fingerprint density at radius 3 is 2.55 bits per heavy atom. The minimum Gasteiger partial charge on any atom is -0.335 e. The van der Waals surface area contributed by atoms with Crippen molar-refractivity contribution in [3.05, 3.63) is 76.0 Å². The van der Waals surface area contributed by atoms with Gasteiger partial charge in [-0.1, -0.05) is 68.0 Å². The number of hydrogen-bond acceptors (Lipinski definition) is 2. The van der Waals surface area contributed by atoms with E-state index in [0.717, 1.165) is 22.9 Å². The molecular formula is C24H34Cl2N2S. The Labute approximate surface area is 191 Å². The van der Waals surface area contributed by atoms with Crippen molar-refractivity contribution in [3.63, 3.8) is 0 Å². The SMILES string of the molecule is C=C/C=C(\C=C/C)Cn1c(C)c(CN)c(C(C)C)c1SC/C=C(Cl)\C=C(/C)CCl. The quantitative estimate of drug-likeness (QED) is 0.214. The summed E-state index contributed by atoms with van der Waals surface area (Å²) < 4.78 is 2.37. The number of nitrogens with two attached hydrogens (primary N) is 1. The van der Waals surface area contributed by atoms with Gasteiger partial charge in [-0.25, -0.2) is 0 Å². The highest BCUT2D eigenvalue weighted by atomic mass is 35.5. The van der Waals surface area contributed by atoms with Gasteiger partial charge in [0.15, 0.2) is 0 Å². The largest absolute Gasteiger partial charge is 0.335 e. The number of nitrogens with zero attached hydrogens (tertiary/aromatic N) is 1. The van der Waals surface area contributed by atoms with Crippen LogP contribution in [-0.2, 0) is 13.1 Å². The van der Waals surface area contributed by atoms with Gasteiger partial charge in [0.05, 0.1) is 5.03 Å². The number of hydrogen-bond donors (Lipinski definition) is 1. The molecule has 0 aliphatic heterocycles. The number of rotatable bonds is 11. The summed E-state index contributed by atoms with van der Waals surface area (Å²) >= 11 is 14.0. The van der Waals surface area contributed by atoms with Crippen molar-refractivity contribution in [2.45, 2.75) is 58.7 Å². The second kappa shape index (κ2) is 13.2. The Bertz CT molecular complexity index is 811. The van der Waals surface area contributed by atoms with E-state index in [1.807, 2.05) is 32.1 Å². The smallest absolute Gasteiger partial charge is 0.0794 e. The maximum atomic E-state index is 6.35. The van der Waals surface area contributed by atoms with E-state index < -0.39 is 0 Å². The van der Waals surface area contributed by atoms with E-state index in [0.29, 0.717) is 18.3 Å². The van der Waals surface area contributed by atoms with Crippen LogP contribution >= 0.6 is 35.0 Å². The van der Waals surface area contributed by atoms with Crippen LogP contribution in [0, 0.1) is 6.92 Å². The summed E-state index contributed by atoms with van der Waals surface area (Å²) in [4.78, 5) is 0. The molecule has 0 fully saturated rings. The first-order valence-corrected chi connectivity index (χ1v) is 11.8. The van der Waals surface area contributed by atoms with Crippen LogP contribution < -0.4 is 5.73 Å². The van der Waals surface area contributed by atoms with E-state index in [4.69, 9.17) is 28.9 Å². The topological polar surface area (TPSA) is 30.9 Å². The van der Waals surface area contributed by atoms with E-state index in [9.17, 15) is 0 Å². The van der Waals surface area contributed by atoms with E-state index in [2.05, 4.69) is 50.1 Å². The van der Waals surface area contributed by atoms with Gasteiger partial charge in [0.2, 0.25) is 0 Å². The van der Waals surface area contributed by atoms with Gasteiger partial charge in [-0.15, -0.1) is 23.4 Å². The van der Waals surface area contributed by atoms with Crippen LogP contribution in [0.5, 0.6) is 0 Å². The molecule has 1 rings (SSSR count). The van der Waals surface area contributed by atoms with Crippen molar-refractivity contribution in [2.24, 2.45) is 5.73 Å². The van der Waals surface area contributed by atoms with Gasteiger partial charge in [-0.2, -0.15) is 0 Å². The number of allylic oxidation sites excluding steroid dienone is 8. The molecule has 2 N–H and O–H groups in total. The van der Waals surface area contributed by atoms with Gasteiger partial charge in [0.1, 0.15) is 0 Å². The lowest BCUT2D eigenvalue weighted by molar-refractivity contribution is 0.689. The molecule has 0 radical (unpaired) electrons. The Morgan fingerprint density at radius 1 is 1.34 bits per heavy atom. The molecule has 1 aromatic rings. The fraction of sp³-hybridized carbons (Fsp3) is 0.417. The number of halogens is 2. The predicted octanol–water partition coefficient (Wildman–Crippen LogP) is 7.47. The van der Waals surface area contributed by atoms with Crippen molar-refractivity contribution >= 4 is 35.0 Å². The third-order valence-corrected chi connectivity index (χ3v) is 6.30. The Morgan fingerprint density at radius 2 is 2.03 bits per heavy atom. The van der Waals surface area contributed by atoms with Crippen LogP contribution in [0.2, 0.25) is 0 Å². The van der Waals surface area contributed by atoms with Crippen molar-refractivity contribution in [1.29, 1.82) is 0 Å². The minimum absolute atomic E-state index is 0.391. The maximum absolute atomic E-state index is 6.35.